The third kappa shape index (κ3) is 3.56. The van der Waals surface area contributed by atoms with E-state index in [9.17, 15) is 14.0 Å². The standard InChI is InChI=1S/C23H25FN2O3/c1-14-10-18(14)21-9-8-17(29-21)13-25(16-6-7-16)23(28)15-11-22(27)26(12-15)20-5-3-2-4-19(20)24/h2-5,8-9,14-16,18H,6-7,10-13H2,1H3. The van der Waals surface area contributed by atoms with Gasteiger partial charge in [0.15, 0.2) is 0 Å². The minimum atomic E-state index is -0.444. The van der Waals surface area contributed by atoms with Gasteiger partial charge in [-0.25, -0.2) is 4.39 Å². The van der Waals surface area contributed by atoms with Gasteiger partial charge in [0, 0.05) is 24.9 Å². The summed E-state index contributed by atoms with van der Waals surface area (Å²) in [6, 6.07) is 10.4. The molecule has 3 aliphatic rings. The molecule has 5 rings (SSSR count). The van der Waals surface area contributed by atoms with Crippen molar-refractivity contribution in [1.29, 1.82) is 0 Å². The maximum absolute atomic E-state index is 14.1. The number of hydrogen-bond acceptors (Lipinski definition) is 3. The molecule has 2 saturated carbocycles. The molecule has 5 nitrogen and oxygen atoms in total. The molecule has 3 fully saturated rings. The number of furan rings is 1. The van der Waals surface area contributed by atoms with E-state index in [1.54, 1.807) is 18.2 Å². The van der Waals surface area contributed by atoms with Crippen LogP contribution in [0.2, 0.25) is 0 Å². The Labute approximate surface area is 169 Å². The molecule has 6 heteroatoms. The SMILES string of the molecule is CC1CC1c1ccc(CN(C(=O)C2CC(=O)N(c3ccccc3F)C2)C2CC2)o1. The van der Waals surface area contributed by atoms with Gasteiger partial charge in [0.2, 0.25) is 11.8 Å². The number of anilines is 1. The highest BCUT2D eigenvalue weighted by molar-refractivity contribution is 6.00. The van der Waals surface area contributed by atoms with Crippen molar-refractivity contribution in [2.45, 2.75) is 51.1 Å². The summed E-state index contributed by atoms with van der Waals surface area (Å²) in [5, 5.41) is 0. The fourth-order valence-corrected chi connectivity index (χ4v) is 4.35. The van der Waals surface area contributed by atoms with E-state index >= 15 is 0 Å². The average Bonchev–Trinajstić information content (AvgIpc) is 3.59. The van der Waals surface area contributed by atoms with Crippen LogP contribution in [0.4, 0.5) is 10.1 Å². The Morgan fingerprint density at radius 2 is 2.00 bits per heavy atom. The van der Waals surface area contributed by atoms with Gasteiger partial charge in [-0.15, -0.1) is 0 Å². The molecule has 3 unspecified atom stereocenters. The predicted octanol–water partition coefficient (Wildman–Crippen LogP) is 4.09. The minimum Gasteiger partial charge on any atom is -0.464 e. The van der Waals surface area contributed by atoms with Crippen molar-refractivity contribution in [2.75, 3.05) is 11.4 Å². The van der Waals surface area contributed by atoms with Crippen LogP contribution in [0.3, 0.4) is 0 Å². The van der Waals surface area contributed by atoms with Gasteiger partial charge in [0.05, 0.1) is 18.2 Å². The predicted molar refractivity (Wildman–Crippen MR) is 106 cm³/mol. The second-order valence-corrected chi connectivity index (χ2v) is 8.68. The minimum absolute atomic E-state index is 0.0302. The van der Waals surface area contributed by atoms with E-state index in [2.05, 4.69) is 6.92 Å². The van der Waals surface area contributed by atoms with Gasteiger partial charge in [-0.3, -0.25) is 9.59 Å². The Bertz CT molecular complexity index is 951. The van der Waals surface area contributed by atoms with Gasteiger partial charge in [-0.2, -0.15) is 0 Å². The van der Waals surface area contributed by atoms with Crippen LogP contribution in [0.5, 0.6) is 0 Å². The summed E-state index contributed by atoms with van der Waals surface area (Å²) in [7, 11) is 0. The van der Waals surface area contributed by atoms with Crippen molar-refractivity contribution in [2.24, 2.45) is 11.8 Å². The number of carbonyl (C=O) groups is 2. The van der Waals surface area contributed by atoms with E-state index in [1.807, 2.05) is 17.0 Å². The van der Waals surface area contributed by atoms with Crippen LogP contribution in [0.1, 0.15) is 50.0 Å². The summed E-state index contributed by atoms with van der Waals surface area (Å²) in [6.07, 6.45) is 3.25. The molecular formula is C23H25FN2O3. The summed E-state index contributed by atoms with van der Waals surface area (Å²) in [4.78, 5) is 29.0. The van der Waals surface area contributed by atoms with Gasteiger partial charge >= 0.3 is 0 Å². The summed E-state index contributed by atoms with van der Waals surface area (Å²) < 4.78 is 20.1. The molecule has 0 spiro atoms. The van der Waals surface area contributed by atoms with Gasteiger partial charge in [-0.1, -0.05) is 19.1 Å². The molecule has 2 aromatic rings. The quantitative estimate of drug-likeness (QED) is 0.739. The van der Waals surface area contributed by atoms with Crippen molar-refractivity contribution < 1.29 is 18.4 Å². The first kappa shape index (κ1) is 18.4. The van der Waals surface area contributed by atoms with Gasteiger partial charge < -0.3 is 14.2 Å². The van der Waals surface area contributed by atoms with E-state index in [-0.39, 0.29) is 36.5 Å². The zero-order valence-electron chi connectivity index (χ0n) is 16.5. The number of nitrogens with zero attached hydrogens (tertiary/aromatic N) is 2. The zero-order valence-corrected chi connectivity index (χ0v) is 16.5. The van der Waals surface area contributed by atoms with Crippen LogP contribution in [0.15, 0.2) is 40.8 Å². The molecule has 152 valence electrons. The first-order valence-electron chi connectivity index (χ1n) is 10.4. The fourth-order valence-electron chi connectivity index (χ4n) is 4.35. The number of para-hydroxylation sites is 1. The Hall–Kier alpha value is -2.63. The maximum Gasteiger partial charge on any atom is 0.228 e. The average molecular weight is 396 g/mol. The second-order valence-electron chi connectivity index (χ2n) is 8.68. The highest BCUT2D eigenvalue weighted by Gasteiger charge is 2.42. The van der Waals surface area contributed by atoms with E-state index < -0.39 is 11.7 Å². The molecule has 0 bridgehead atoms. The molecular weight excluding hydrogens is 371 g/mol. The van der Waals surface area contributed by atoms with Crippen LogP contribution in [-0.2, 0) is 16.1 Å². The van der Waals surface area contributed by atoms with Crippen molar-refractivity contribution in [3.8, 4) is 0 Å². The molecule has 2 heterocycles. The van der Waals surface area contributed by atoms with Gasteiger partial charge in [0.25, 0.3) is 0 Å². The smallest absolute Gasteiger partial charge is 0.228 e. The summed E-state index contributed by atoms with van der Waals surface area (Å²) >= 11 is 0. The van der Waals surface area contributed by atoms with Crippen LogP contribution in [0.25, 0.3) is 0 Å². The van der Waals surface area contributed by atoms with Crippen molar-refractivity contribution in [3.05, 3.63) is 53.7 Å². The Kier molecular flexibility index (Phi) is 4.45. The summed E-state index contributed by atoms with van der Waals surface area (Å²) in [6.45, 7) is 2.88. The number of hydrogen-bond donors (Lipinski definition) is 0. The molecule has 1 saturated heterocycles. The molecule has 2 amide bonds. The van der Waals surface area contributed by atoms with Crippen LogP contribution in [-0.4, -0.2) is 29.3 Å². The molecule has 3 atom stereocenters. The Morgan fingerprint density at radius 1 is 1.24 bits per heavy atom. The first-order chi connectivity index (χ1) is 14.0. The van der Waals surface area contributed by atoms with Crippen molar-refractivity contribution in [3.63, 3.8) is 0 Å². The highest BCUT2D eigenvalue weighted by atomic mass is 19.1. The van der Waals surface area contributed by atoms with E-state index in [1.165, 1.54) is 11.0 Å². The normalized spacial score (nSPS) is 26.1. The third-order valence-corrected chi connectivity index (χ3v) is 6.37. The molecule has 0 radical (unpaired) electrons. The molecule has 29 heavy (non-hydrogen) atoms. The molecule has 1 aromatic carbocycles. The third-order valence-electron chi connectivity index (χ3n) is 6.37. The number of halogens is 1. The zero-order chi connectivity index (χ0) is 20.1. The second kappa shape index (κ2) is 7.01. The lowest BCUT2D eigenvalue weighted by Crippen LogP contribution is -2.38. The Morgan fingerprint density at radius 3 is 2.69 bits per heavy atom. The summed E-state index contributed by atoms with van der Waals surface area (Å²) in [5.41, 5.74) is 0.250. The van der Waals surface area contributed by atoms with Crippen LogP contribution in [0, 0.1) is 17.7 Å². The molecule has 1 aromatic heterocycles. The van der Waals surface area contributed by atoms with Gasteiger partial charge in [-0.05, 0) is 49.4 Å². The number of benzene rings is 1. The number of amides is 2. The van der Waals surface area contributed by atoms with Crippen molar-refractivity contribution >= 4 is 17.5 Å². The van der Waals surface area contributed by atoms with Crippen LogP contribution < -0.4 is 4.90 Å². The lowest BCUT2D eigenvalue weighted by atomic mass is 10.1. The largest absolute Gasteiger partial charge is 0.464 e. The maximum atomic E-state index is 14.1. The van der Waals surface area contributed by atoms with E-state index in [0.717, 1.165) is 30.8 Å². The molecule has 1 aliphatic heterocycles. The monoisotopic (exact) mass is 396 g/mol. The lowest BCUT2D eigenvalue weighted by molar-refractivity contribution is -0.137. The Balaban J connectivity index is 1.30. The fraction of sp³-hybridized carbons (Fsp3) is 0.478. The topological polar surface area (TPSA) is 53.8 Å². The van der Waals surface area contributed by atoms with Crippen molar-refractivity contribution in [1.82, 2.24) is 4.90 Å². The first-order valence-corrected chi connectivity index (χ1v) is 10.4. The summed E-state index contributed by atoms with van der Waals surface area (Å²) in [5.74, 6) is 1.88. The van der Waals surface area contributed by atoms with E-state index in [4.69, 9.17) is 4.42 Å². The van der Waals surface area contributed by atoms with E-state index in [0.29, 0.717) is 18.4 Å². The highest BCUT2D eigenvalue weighted by Crippen LogP contribution is 2.47. The number of rotatable bonds is 6. The molecule has 0 N–H and O–H groups in total. The van der Waals surface area contributed by atoms with Gasteiger partial charge in [0.1, 0.15) is 17.3 Å². The number of carbonyl (C=O) groups excluding carboxylic acids is 2. The lowest BCUT2D eigenvalue weighted by Gasteiger charge is -2.25. The van der Waals surface area contributed by atoms with Crippen LogP contribution >= 0.6 is 0 Å². The molecule has 2 aliphatic carbocycles.